The van der Waals surface area contributed by atoms with Gasteiger partial charge in [0.25, 0.3) is 0 Å². The van der Waals surface area contributed by atoms with Gasteiger partial charge < -0.3 is 10.2 Å². The van der Waals surface area contributed by atoms with Crippen molar-refractivity contribution in [2.45, 2.75) is 50.7 Å². The zero-order valence-corrected chi connectivity index (χ0v) is 15.9. The van der Waals surface area contributed by atoms with Crippen molar-refractivity contribution >= 4 is 0 Å². The number of rotatable bonds is 7. The summed E-state index contributed by atoms with van der Waals surface area (Å²) >= 11 is 0. The molecule has 1 fully saturated rings. The van der Waals surface area contributed by atoms with Crippen molar-refractivity contribution in [3.63, 3.8) is 0 Å². The highest BCUT2D eigenvalue weighted by Gasteiger charge is 2.17. The van der Waals surface area contributed by atoms with Crippen molar-refractivity contribution in [2.75, 3.05) is 20.2 Å². The third-order valence-corrected chi connectivity index (χ3v) is 5.34. The van der Waals surface area contributed by atoms with Gasteiger partial charge in [-0.3, -0.25) is 9.58 Å². The van der Waals surface area contributed by atoms with Gasteiger partial charge in [0.1, 0.15) is 0 Å². The highest BCUT2D eigenvalue weighted by atomic mass is 16.3. The molecule has 0 saturated heterocycles. The molecule has 1 aliphatic rings. The Balaban J connectivity index is 1.74. The molecule has 0 amide bonds. The first kappa shape index (κ1) is 19.1. The molecular weight excluding hydrogens is 326 g/mol. The van der Waals surface area contributed by atoms with E-state index in [0.29, 0.717) is 19.0 Å². The first-order valence-corrected chi connectivity index (χ1v) is 9.67. The van der Waals surface area contributed by atoms with E-state index in [4.69, 9.17) is 5.11 Å². The van der Waals surface area contributed by atoms with E-state index in [2.05, 4.69) is 29.4 Å². The molecule has 142 valence electrons. The monoisotopic (exact) mass is 357 g/mol. The molecule has 2 aromatic rings. The summed E-state index contributed by atoms with van der Waals surface area (Å²) in [4.78, 5) is 2.01. The van der Waals surface area contributed by atoms with E-state index in [1.54, 1.807) is 0 Å². The number of aliphatic hydroxyl groups is 2. The second kappa shape index (κ2) is 8.80. The van der Waals surface area contributed by atoms with Gasteiger partial charge in [0, 0.05) is 37.5 Å². The predicted molar refractivity (Wildman–Crippen MR) is 104 cm³/mol. The summed E-state index contributed by atoms with van der Waals surface area (Å²) in [6.07, 6.45) is 8.02. The summed E-state index contributed by atoms with van der Waals surface area (Å²) in [6, 6.07) is 8.92. The summed E-state index contributed by atoms with van der Waals surface area (Å²) in [5, 5.41) is 23.3. The third-order valence-electron chi connectivity index (χ3n) is 5.34. The van der Waals surface area contributed by atoms with Crippen molar-refractivity contribution in [3.8, 4) is 11.3 Å². The molecule has 0 radical (unpaired) electrons. The molecule has 26 heavy (non-hydrogen) atoms. The average molecular weight is 357 g/mol. The van der Waals surface area contributed by atoms with E-state index in [1.807, 2.05) is 29.9 Å². The number of aliphatic hydroxyl groups excluding tert-OH is 2. The Morgan fingerprint density at radius 1 is 1.19 bits per heavy atom. The van der Waals surface area contributed by atoms with Crippen molar-refractivity contribution in [1.29, 1.82) is 0 Å². The lowest BCUT2D eigenvalue weighted by Crippen LogP contribution is -2.31. The largest absolute Gasteiger partial charge is 0.394 e. The molecule has 5 nitrogen and oxygen atoms in total. The molecule has 1 aliphatic carbocycles. The van der Waals surface area contributed by atoms with Crippen LogP contribution in [0, 0.1) is 0 Å². The molecule has 5 heteroatoms. The van der Waals surface area contributed by atoms with Crippen LogP contribution < -0.4 is 0 Å². The number of aromatic nitrogens is 2. The topological polar surface area (TPSA) is 61.5 Å². The summed E-state index contributed by atoms with van der Waals surface area (Å²) in [6.45, 7) is 0.906. The maximum atomic E-state index is 9.64. The van der Waals surface area contributed by atoms with Crippen molar-refractivity contribution < 1.29 is 10.2 Å². The van der Waals surface area contributed by atoms with Crippen molar-refractivity contribution in [1.82, 2.24) is 14.7 Å². The van der Waals surface area contributed by atoms with Crippen LogP contribution in [-0.2, 0) is 13.6 Å². The fraction of sp³-hybridized carbons (Fsp3) is 0.571. The minimum Gasteiger partial charge on any atom is -0.394 e. The van der Waals surface area contributed by atoms with Gasteiger partial charge in [0.2, 0.25) is 0 Å². The molecule has 1 heterocycles. The van der Waals surface area contributed by atoms with Gasteiger partial charge in [-0.15, -0.1) is 0 Å². The minimum absolute atomic E-state index is 0.215. The van der Waals surface area contributed by atoms with E-state index in [9.17, 15) is 5.11 Å². The van der Waals surface area contributed by atoms with Crippen molar-refractivity contribution in [2.24, 2.45) is 7.05 Å². The van der Waals surface area contributed by atoms with Crippen LogP contribution in [0.2, 0.25) is 0 Å². The standard InChI is InChI=1S/C21H31N3O2/c1-23(14-20(26)15-25)12-19-13-24(2)22-21(19)18-10-8-17(9-11-18)16-6-4-3-5-7-16/h8-11,13,16,20,25-26H,3-7,12,14-15H2,1-2H3. The quantitative estimate of drug-likeness (QED) is 0.800. The summed E-state index contributed by atoms with van der Waals surface area (Å²) < 4.78 is 1.84. The third kappa shape index (κ3) is 4.72. The molecule has 0 spiro atoms. The van der Waals surface area contributed by atoms with E-state index >= 15 is 0 Å². The zero-order valence-electron chi connectivity index (χ0n) is 15.9. The van der Waals surface area contributed by atoms with E-state index in [0.717, 1.165) is 16.8 Å². The molecule has 0 aliphatic heterocycles. The lowest BCUT2D eigenvalue weighted by Gasteiger charge is -2.22. The van der Waals surface area contributed by atoms with Crippen LogP contribution in [0.25, 0.3) is 11.3 Å². The Labute approximate surface area is 156 Å². The Morgan fingerprint density at radius 3 is 2.54 bits per heavy atom. The average Bonchev–Trinajstić information content (AvgIpc) is 3.02. The SMILES string of the molecule is CN(Cc1cn(C)nc1-c1ccc(C2CCCCC2)cc1)CC(O)CO. The molecule has 1 saturated carbocycles. The van der Waals surface area contributed by atoms with Crippen LogP contribution in [0.4, 0.5) is 0 Å². The van der Waals surface area contributed by atoms with Gasteiger partial charge in [0.15, 0.2) is 0 Å². The Hall–Kier alpha value is -1.69. The van der Waals surface area contributed by atoms with Gasteiger partial charge in [-0.2, -0.15) is 5.10 Å². The van der Waals surface area contributed by atoms with Crippen LogP contribution in [0.5, 0.6) is 0 Å². The normalized spacial score (nSPS) is 17.0. The van der Waals surface area contributed by atoms with Gasteiger partial charge >= 0.3 is 0 Å². The van der Waals surface area contributed by atoms with Crippen molar-refractivity contribution in [3.05, 3.63) is 41.6 Å². The molecule has 2 N–H and O–H groups in total. The van der Waals surface area contributed by atoms with E-state index in [1.165, 1.54) is 37.7 Å². The first-order valence-electron chi connectivity index (χ1n) is 9.67. The molecule has 1 aromatic heterocycles. The summed E-state index contributed by atoms with van der Waals surface area (Å²) in [5.74, 6) is 0.715. The van der Waals surface area contributed by atoms with Crippen LogP contribution >= 0.6 is 0 Å². The van der Waals surface area contributed by atoms with Crippen LogP contribution in [0.1, 0.15) is 49.1 Å². The molecule has 1 aromatic carbocycles. The highest BCUT2D eigenvalue weighted by molar-refractivity contribution is 5.63. The first-order chi connectivity index (χ1) is 12.6. The number of nitrogens with zero attached hydrogens (tertiary/aromatic N) is 3. The second-order valence-electron chi connectivity index (χ2n) is 7.67. The van der Waals surface area contributed by atoms with Gasteiger partial charge in [-0.25, -0.2) is 0 Å². The molecule has 1 atom stereocenters. The number of hydrogen-bond acceptors (Lipinski definition) is 4. The molecule has 0 bridgehead atoms. The van der Waals surface area contributed by atoms with Gasteiger partial charge in [0.05, 0.1) is 18.4 Å². The smallest absolute Gasteiger partial charge is 0.0968 e. The second-order valence-corrected chi connectivity index (χ2v) is 7.67. The maximum Gasteiger partial charge on any atom is 0.0968 e. The molecule has 3 rings (SSSR count). The van der Waals surface area contributed by atoms with E-state index < -0.39 is 6.10 Å². The van der Waals surface area contributed by atoms with E-state index in [-0.39, 0.29) is 6.61 Å². The molecule has 1 unspecified atom stereocenters. The van der Waals surface area contributed by atoms with Crippen LogP contribution in [-0.4, -0.2) is 51.2 Å². The Morgan fingerprint density at radius 2 is 1.88 bits per heavy atom. The number of hydrogen-bond donors (Lipinski definition) is 2. The Kier molecular flexibility index (Phi) is 6.46. The van der Waals surface area contributed by atoms with Crippen LogP contribution in [0.3, 0.4) is 0 Å². The fourth-order valence-corrected chi connectivity index (χ4v) is 4.02. The van der Waals surface area contributed by atoms with Crippen LogP contribution in [0.15, 0.2) is 30.5 Å². The predicted octanol–water partition coefficient (Wildman–Crippen LogP) is 2.92. The number of likely N-dealkylation sites (N-methyl/N-ethyl adjacent to an activating group) is 1. The number of aryl methyl sites for hydroxylation is 1. The lowest BCUT2D eigenvalue weighted by molar-refractivity contribution is 0.0648. The summed E-state index contributed by atoms with van der Waals surface area (Å²) in [5.41, 5.74) is 4.71. The zero-order chi connectivity index (χ0) is 18.5. The number of benzene rings is 1. The fourth-order valence-electron chi connectivity index (χ4n) is 4.02. The van der Waals surface area contributed by atoms with Gasteiger partial charge in [-0.05, 0) is 31.4 Å². The highest BCUT2D eigenvalue weighted by Crippen LogP contribution is 2.33. The maximum absolute atomic E-state index is 9.64. The molecular formula is C21H31N3O2. The lowest BCUT2D eigenvalue weighted by atomic mass is 9.84. The minimum atomic E-state index is -0.713. The summed E-state index contributed by atoms with van der Waals surface area (Å²) in [7, 11) is 3.88. The Bertz CT molecular complexity index is 690. The van der Waals surface area contributed by atoms with Gasteiger partial charge in [-0.1, -0.05) is 43.5 Å².